The molecule has 0 spiro atoms. The predicted octanol–water partition coefficient (Wildman–Crippen LogP) is 3.81. The molecular formula is C24H18ClN3O5. The average molecular weight is 464 g/mol. The summed E-state index contributed by atoms with van der Waals surface area (Å²) in [6, 6.07) is 14.0. The van der Waals surface area contributed by atoms with E-state index >= 15 is 0 Å². The summed E-state index contributed by atoms with van der Waals surface area (Å²) in [5, 5.41) is 11.3. The summed E-state index contributed by atoms with van der Waals surface area (Å²) in [5.41, 5.74) is 0.426. The third kappa shape index (κ3) is 3.64. The molecule has 0 bridgehead atoms. The van der Waals surface area contributed by atoms with E-state index in [2.05, 4.69) is 4.98 Å². The van der Waals surface area contributed by atoms with Crippen molar-refractivity contribution in [1.82, 2.24) is 14.1 Å². The molecule has 2 N–H and O–H groups in total. The number of carboxylic acids is 1. The lowest BCUT2D eigenvalue weighted by atomic mass is 10.0. The molecule has 0 saturated carbocycles. The van der Waals surface area contributed by atoms with E-state index in [0.717, 1.165) is 15.5 Å². The smallest absolute Gasteiger partial charge is 0.332 e. The number of carbonyl (C=O) groups is 1. The SMILES string of the molecule is O=C(O)C(Cc1c[nH]c2ccccc12)n1c(=O)c2cc(Cl)ccc2n(Cc2ccco2)c1=O. The number of rotatable bonds is 6. The molecule has 2 aromatic carbocycles. The molecule has 3 aromatic heterocycles. The average Bonchev–Trinajstić information content (AvgIpc) is 3.46. The first-order chi connectivity index (χ1) is 15.9. The molecule has 0 aliphatic heterocycles. The number of nitrogens with zero attached hydrogens (tertiary/aromatic N) is 2. The number of halogens is 1. The number of nitrogens with one attached hydrogen (secondary N) is 1. The van der Waals surface area contributed by atoms with Gasteiger partial charge in [-0.2, -0.15) is 0 Å². The van der Waals surface area contributed by atoms with E-state index in [1.54, 1.807) is 30.5 Å². The monoisotopic (exact) mass is 463 g/mol. The molecule has 5 rings (SSSR count). The van der Waals surface area contributed by atoms with Crippen LogP contribution in [0, 0.1) is 0 Å². The van der Waals surface area contributed by atoms with Gasteiger partial charge in [0.15, 0.2) is 0 Å². The van der Waals surface area contributed by atoms with E-state index in [1.165, 1.54) is 16.9 Å². The third-order valence-corrected chi connectivity index (χ3v) is 5.95. The standard InChI is InChI=1S/C24H18ClN3O5/c25-15-7-8-20-18(11-15)22(29)28(24(32)27(20)13-16-4-3-9-33-16)21(23(30)31)10-14-12-26-19-6-2-1-5-17(14)19/h1-9,11-12,21,26H,10,13H2,(H,30,31). The van der Waals surface area contributed by atoms with Gasteiger partial charge >= 0.3 is 11.7 Å². The summed E-state index contributed by atoms with van der Waals surface area (Å²) in [6.45, 7) is 0.0314. The summed E-state index contributed by atoms with van der Waals surface area (Å²) >= 11 is 6.13. The van der Waals surface area contributed by atoms with Crippen LogP contribution in [0.5, 0.6) is 0 Å². The second-order valence-electron chi connectivity index (χ2n) is 7.70. The van der Waals surface area contributed by atoms with Crippen molar-refractivity contribution in [3.8, 4) is 0 Å². The number of aromatic nitrogens is 3. The Morgan fingerprint density at radius 3 is 2.67 bits per heavy atom. The number of hydrogen-bond donors (Lipinski definition) is 2. The number of aromatic amines is 1. The number of fused-ring (bicyclic) bond motifs is 2. The molecule has 166 valence electrons. The minimum atomic E-state index is -1.42. The Morgan fingerprint density at radius 1 is 1.09 bits per heavy atom. The molecular weight excluding hydrogens is 446 g/mol. The normalized spacial score (nSPS) is 12.4. The van der Waals surface area contributed by atoms with Crippen molar-refractivity contribution in [2.45, 2.75) is 19.0 Å². The molecule has 8 nitrogen and oxygen atoms in total. The summed E-state index contributed by atoms with van der Waals surface area (Å²) in [7, 11) is 0. The minimum absolute atomic E-state index is 0.0314. The van der Waals surface area contributed by atoms with E-state index in [-0.39, 0.29) is 18.4 Å². The second kappa shape index (κ2) is 8.14. The van der Waals surface area contributed by atoms with Gasteiger partial charge in [0.1, 0.15) is 11.8 Å². The summed E-state index contributed by atoms with van der Waals surface area (Å²) in [5.74, 6) is -0.799. The van der Waals surface area contributed by atoms with Gasteiger partial charge in [-0.25, -0.2) is 14.2 Å². The molecule has 9 heteroatoms. The van der Waals surface area contributed by atoms with Crippen molar-refractivity contribution in [1.29, 1.82) is 0 Å². The Morgan fingerprint density at radius 2 is 1.91 bits per heavy atom. The van der Waals surface area contributed by atoms with E-state index < -0.39 is 23.3 Å². The largest absolute Gasteiger partial charge is 0.480 e. The Hall–Kier alpha value is -4.04. The number of hydrogen-bond acceptors (Lipinski definition) is 4. The molecule has 1 atom stereocenters. The Bertz CT molecular complexity index is 1610. The van der Waals surface area contributed by atoms with E-state index in [9.17, 15) is 19.5 Å². The van der Waals surface area contributed by atoms with Gasteiger partial charge in [0.25, 0.3) is 5.56 Å². The van der Waals surface area contributed by atoms with Gasteiger partial charge in [0.2, 0.25) is 0 Å². The minimum Gasteiger partial charge on any atom is -0.480 e. The summed E-state index contributed by atoms with van der Waals surface area (Å²) in [6.07, 6.45) is 3.12. The molecule has 0 radical (unpaired) electrons. The van der Waals surface area contributed by atoms with Crippen LogP contribution in [0.2, 0.25) is 5.02 Å². The fourth-order valence-corrected chi connectivity index (χ4v) is 4.32. The van der Waals surface area contributed by atoms with Crippen LogP contribution in [0.4, 0.5) is 0 Å². The number of para-hydroxylation sites is 1. The van der Waals surface area contributed by atoms with Crippen LogP contribution in [0.15, 0.2) is 81.1 Å². The van der Waals surface area contributed by atoms with Crippen molar-refractivity contribution >= 4 is 39.4 Å². The summed E-state index contributed by atoms with van der Waals surface area (Å²) < 4.78 is 7.51. The van der Waals surface area contributed by atoms with Crippen LogP contribution in [-0.4, -0.2) is 25.2 Å². The number of H-pyrrole nitrogens is 1. The lowest BCUT2D eigenvalue weighted by Crippen LogP contribution is -2.45. The van der Waals surface area contributed by atoms with Gasteiger partial charge in [0, 0.05) is 28.5 Å². The first kappa shape index (κ1) is 20.8. The number of benzene rings is 2. The highest BCUT2D eigenvalue weighted by atomic mass is 35.5. The van der Waals surface area contributed by atoms with Gasteiger partial charge in [-0.1, -0.05) is 29.8 Å². The van der Waals surface area contributed by atoms with Gasteiger partial charge in [-0.3, -0.25) is 9.36 Å². The maximum Gasteiger partial charge on any atom is 0.332 e. The van der Waals surface area contributed by atoms with Crippen molar-refractivity contribution < 1.29 is 14.3 Å². The van der Waals surface area contributed by atoms with Crippen molar-refractivity contribution in [3.63, 3.8) is 0 Å². The maximum absolute atomic E-state index is 13.5. The highest BCUT2D eigenvalue weighted by Crippen LogP contribution is 2.23. The Kier molecular flexibility index (Phi) is 5.14. The lowest BCUT2D eigenvalue weighted by molar-refractivity contribution is -0.141. The van der Waals surface area contributed by atoms with Crippen molar-refractivity contribution in [3.05, 3.63) is 104 Å². The van der Waals surface area contributed by atoms with Crippen LogP contribution in [0.3, 0.4) is 0 Å². The van der Waals surface area contributed by atoms with Crippen molar-refractivity contribution in [2.24, 2.45) is 0 Å². The number of furan rings is 1. The molecule has 0 aliphatic rings. The zero-order valence-electron chi connectivity index (χ0n) is 17.2. The Balaban J connectivity index is 1.73. The van der Waals surface area contributed by atoms with Gasteiger partial charge < -0.3 is 14.5 Å². The molecule has 5 aromatic rings. The summed E-state index contributed by atoms with van der Waals surface area (Å²) in [4.78, 5) is 42.4. The molecule has 0 amide bonds. The molecule has 1 unspecified atom stereocenters. The topological polar surface area (TPSA) is 110 Å². The van der Waals surface area contributed by atoms with E-state index in [4.69, 9.17) is 16.0 Å². The fraction of sp³-hybridized carbons (Fsp3) is 0.125. The zero-order valence-corrected chi connectivity index (χ0v) is 18.0. The molecule has 3 heterocycles. The van der Waals surface area contributed by atoms with Gasteiger partial charge in [-0.15, -0.1) is 0 Å². The molecule has 33 heavy (non-hydrogen) atoms. The number of carboxylic acid groups (broad SMARTS) is 1. The van der Waals surface area contributed by atoms with Crippen LogP contribution in [0.25, 0.3) is 21.8 Å². The first-order valence-electron chi connectivity index (χ1n) is 10.2. The molecule has 0 fully saturated rings. The number of aliphatic carboxylic acids is 1. The van der Waals surface area contributed by atoms with Crippen LogP contribution >= 0.6 is 11.6 Å². The second-order valence-corrected chi connectivity index (χ2v) is 8.14. The van der Waals surface area contributed by atoms with Gasteiger partial charge in [-0.05, 0) is 42.0 Å². The fourth-order valence-electron chi connectivity index (χ4n) is 4.15. The Labute approximate surface area is 191 Å². The van der Waals surface area contributed by atoms with Crippen LogP contribution in [0.1, 0.15) is 17.4 Å². The quantitative estimate of drug-likeness (QED) is 0.398. The van der Waals surface area contributed by atoms with E-state index in [0.29, 0.717) is 21.9 Å². The van der Waals surface area contributed by atoms with Crippen molar-refractivity contribution in [2.75, 3.05) is 0 Å². The van der Waals surface area contributed by atoms with Crippen LogP contribution in [-0.2, 0) is 17.8 Å². The predicted molar refractivity (Wildman–Crippen MR) is 124 cm³/mol. The molecule has 0 saturated heterocycles. The maximum atomic E-state index is 13.5. The highest BCUT2D eigenvalue weighted by Gasteiger charge is 2.27. The van der Waals surface area contributed by atoms with E-state index in [1.807, 2.05) is 24.3 Å². The first-order valence-corrected chi connectivity index (χ1v) is 10.6. The van der Waals surface area contributed by atoms with Crippen LogP contribution < -0.4 is 11.2 Å². The van der Waals surface area contributed by atoms with Gasteiger partial charge in [0.05, 0.1) is 23.7 Å². The zero-order chi connectivity index (χ0) is 23.1. The highest BCUT2D eigenvalue weighted by molar-refractivity contribution is 6.31. The lowest BCUT2D eigenvalue weighted by Gasteiger charge is -2.18. The molecule has 0 aliphatic carbocycles. The third-order valence-electron chi connectivity index (χ3n) is 5.71.